The monoisotopic (exact) mass is 367 g/mol. The molecule has 0 aliphatic carbocycles. The molecule has 0 unspecified atom stereocenters. The van der Waals surface area contributed by atoms with Crippen LogP contribution in [0.2, 0.25) is 0 Å². The molecule has 1 amide bonds. The van der Waals surface area contributed by atoms with E-state index in [4.69, 9.17) is 4.74 Å². The van der Waals surface area contributed by atoms with Crippen molar-refractivity contribution in [1.29, 1.82) is 0 Å². The van der Waals surface area contributed by atoms with Gasteiger partial charge in [0.1, 0.15) is 6.33 Å². The largest absolute Gasteiger partial charge is 0.504 e. The zero-order valence-electron chi connectivity index (χ0n) is 14.0. The van der Waals surface area contributed by atoms with Gasteiger partial charge in [-0.15, -0.1) is 11.8 Å². The predicted octanol–water partition coefficient (Wildman–Crippen LogP) is 3.36. The molecule has 0 radical (unpaired) electrons. The molecule has 1 aromatic heterocycles. The van der Waals surface area contributed by atoms with Crippen molar-refractivity contribution >= 4 is 23.5 Å². The van der Waals surface area contributed by atoms with E-state index in [9.17, 15) is 9.90 Å². The van der Waals surface area contributed by atoms with Gasteiger partial charge in [-0.1, -0.05) is 24.3 Å². The topological polar surface area (TPSA) is 76.4 Å². The minimum absolute atomic E-state index is 0.0708. The number of rotatable bonds is 3. The van der Waals surface area contributed by atoms with Gasteiger partial charge in [0.25, 0.3) is 0 Å². The smallest absolute Gasteiger partial charge is 0.235 e. The number of nitrogens with zero attached hydrogens (tertiary/aromatic N) is 2. The average Bonchev–Trinajstić information content (AvgIpc) is 2.98. The Morgan fingerprint density at radius 2 is 2.08 bits per heavy atom. The van der Waals surface area contributed by atoms with Crippen LogP contribution in [0.3, 0.4) is 0 Å². The van der Waals surface area contributed by atoms with E-state index in [1.807, 2.05) is 41.0 Å². The summed E-state index contributed by atoms with van der Waals surface area (Å²) >= 11 is 1.50. The molecule has 1 aliphatic rings. The first-order valence-corrected chi connectivity index (χ1v) is 9.13. The van der Waals surface area contributed by atoms with Crippen molar-refractivity contribution in [3.05, 3.63) is 66.1 Å². The highest BCUT2D eigenvalue weighted by atomic mass is 32.2. The molecule has 1 aliphatic heterocycles. The van der Waals surface area contributed by atoms with E-state index < -0.39 is 0 Å². The van der Waals surface area contributed by atoms with Gasteiger partial charge in [-0.05, 0) is 29.8 Å². The number of hydrogen-bond acceptors (Lipinski definition) is 5. The van der Waals surface area contributed by atoms with Crippen LogP contribution in [0.4, 0.5) is 5.82 Å². The molecule has 132 valence electrons. The molecule has 6 nitrogen and oxygen atoms in total. The summed E-state index contributed by atoms with van der Waals surface area (Å²) in [7, 11) is 1.51. The maximum absolute atomic E-state index is 12.1. The van der Waals surface area contributed by atoms with Gasteiger partial charge >= 0.3 is 0 Å². The molecule has 2 N–H and O–H groups in total. The number of benzene rings is 2. The van der Waals surface area contributed by atoms with Gasteiger partial charge in [-0.3, -0.25) is 9.36 Å². The van der Waals surface area contributed by atoms with Crippen molar-refractivity contribution in [2.75, 3.05) is 18.2 Å². The summed E-state index contributed by atoms with van der Waals surface area (Å²) in [6, 6.07) is 15.2. The van der Waals surface area contributed by atoms with Gasteiger partial charge in [-0.2, -0.15) is 0 Å². The quantitative estimate of drug-likeness (QED) is 0.742. The van der Waals surface area contributed by atoms with Crippen LogP contribution in [0.15, 0.2) is 54.9 Å². The molecule has 0 saturated carbocycles. The van der Waals surface area contributed by atoms with Gasteiger partial charge in [0, 0.05) is 5.69 Å². The predicted molar refractivity (Wildman–Crippen MR) is 101 cm³/mol. The second kappa shape index (κ2) is 6.76. The van der Waals surface area contributed by atoms with Crippen molar-refractivity contribution in [2.45, 2.75) is 5.25 Å². The fourth-order valence-electron chi connectivity index (χ4n) is 3.03. The SMILES string of the molecule is COc1ccc([C@@H]2SCC(=O)Nc3ncn(-c4ccccc4)c32)cc1O. The summed E-state index contributed by atoms with van der Waals surface area (Å²) in [5.41, 5.74) is 2.71. The number of aromatic nitrogens is 2. The fraction of sp³-hybridized carbons (Fsp3) is 0.158. The average molecular weight is 367 g/mol. The Kier molecular flexibility index (Phi) is 4.30. The molecule has 2 aromatic carbocycles. The lowest BCUT2D eigenvalue weighted by atomic mass is 10.1. The van der Waals surface area contributed by atoms with E-state index in [2.05, 4.69) is 10.3 Å². The van der Waals surface area contributed by atoms with Crippen molar-refractivity contribution in [3.63, 3.8) is 0 Å². The maximum atomic E-state index is 12.1. The lowest BCUT2D eigenvalue weighted by Crippen LogP contribution is -2.12. The van der Waals surface area contributed by atoms with E-state index in [1.165, 1.54) is 18.9 Å². The molecule has 3 aromatic rings. The summed E-state index contributed by atoms with van der Waals surface area (Å²) in [6.45, 7) is 0. The summed E-state index contributed by atoms with van der Waals surface area (Å²) in [5, 5.41) is 12.9. The summed E-state index contributed by atoms with van der Waals surface area (Å²) in [4.78, 5) is 16.5. The first-order valence-electron chi connectivity index (χ1n) is 8.08. The molecular formula is C19H17N3O3S. The maximum Gasteiger partial charge on any atom is 0.235 e. The molecule has 0 saturated heterocycles. The number of fused-ring (bicyclic) bond motifs is 1. The van der Waals surface area contributed by atoms with E-state index in [0.717, 1.165) is 16.9 Å². The molecule has 0 spiro atoms. The Morgan fingerprint density at radius 1 is 1.27 bits per heavy atom. The third-order valence-electron chi connectivity index (χ3n) is 4.23. The van der Waals surface area contributed by atoms with Crippen LogP contribution in [-0.2, 0) is 4.79 Å². The number of phenolic OH excluding ortho intramolecular Hbond substituents is 1. The molecule has 0 bridgehead atoms. The van der Waals surface area contributed by atoms with Crippen LogP contribution in [0.5, 0.6) is 11.5 Å². The third-order valence-corrected chi connectivity index (χ3v) is 5.49. The van der Waals surface area contributed by atoms with E-state index in [1.54, 1.807) is 18.5 Å². The van der Waals surface area contributed by atoms with Crippen molar-refractivity contribution < 1.29 is 14.6 Å². The van der Waals surface area contributed by atoms with Crippen molar-refractivity contribution in [1.82, 2.24) is 9.55 Å². The van der Waals surface area contributed by atoms with Crippen LogP contribution < -0.4 is 10.1 Å². The molecule has 1 atom stereocenters. The summed E-state index contributed by atoms with van der Waals surface area (Å²) < 4.78 is 7.11. The van der Waals surface area contributed by atoms with Crippen molar-refractivity contribution in [3.8, 4) is 17.2 Å². The normalized spacial score (nSPS) is 16.5. The van der Waals surface area contributed by atoms with E-state index >= 15 is 0 Å². The number of hydrogen-bond donors (Lipinski definition) is 2. The Labute approximate surface area is 154 Å². The highest BCUT2D eigenvalue weighted by Crippen LogP contribution is 2.43. The highest BCUT2D eigenvalue weighted by molar-refractivity contribution is 8.00. The van der Waals surface area contributed by atoms with Crippen LogP contribution in [-0.4, -0.2) is 33.4 Å². The van der Waals surface area contributed by atoms with Crippen LogP contribution in [0.25, 0.3) is 5.69 Å². The number of nitrogens with one attached hydrogen (secondary N) is 1. The van der Waals surface area contributed by atoms with Gasteiger partial charge < -0.3 is 15.2 Å². The molecule has 7 heteroatoms. The number of thioether (sulfide) groups is 1. The number of phenols is 1. The highest BCUT2D eigenvalue weighted by Gasteiger charge is 2.29. The van der Waals surface area contributed by atoms with Crippen LogP contribution in [0, 0.1) is 0 Å². The minimum atomic E-state index is -0.163. The fourth-order valence-corrected chi connectivity index (χ4v) is 4.14. The summed E-state index contributed by atoms with van der Waals surface area (Å²) in [6.07, 6.45) is 1.71. The third kappa shape index (κ3) is 2.90. The number of aromatic hydroxyl groups is 1. The molecule has 4 rings (SSSR count). The second-order valence-corrected chi connectivity index (χ2v) is 6.95. The van der Waals surface area contributed by atoms with Gasteiger partial charge in [0.2, 0.25) is 5.91 Å². The zero-order chi connectivity index (χ0) is 18.1. The number of carbonyl (C=O) groups is 1. The first-order chi connectivity index (χ1) is 12.7. The standard InChI is InChI=1S/C19H17N3O3S/c1-25-15-8-7-12(9-14(15)23)18-17-19(21-16(24)10-26-18)20-11-22(17)13-5-3-2-4-6-13/h2-9,11,18,23H,10H2,1H3,(H,21,24)/t18-/m0/s1. The molecule has 0 fully saturated rings. The van der Waals surface area contributed by atoms with Crippen LogP contribution >= 0.6 is 11.8 Å². The number of carbonyl (C=O) groups excluding carboxylic acids is 1. The minimum Gasteiger partial charge on any atom is -0.504 e. The van der Waals surface area contributed by atoms with Crippen molar-refractivity contribution in [2.24, 2.45) is 0 Å². The molecule has 26 heavy (non-hydrogen) atoms. The lowest BCUT2D eigenvalue weighted by molar-refractivity contribution is -0.113. The molecular weight excluding hydrogens is 350 g/mol. The summed E-state index contributed by atoms with van der Waals surface area (Å²) in [5.74, 6) is 1.25. The number of amides is 1. The Balaban J connectivity index is 1.86. The first kappa shape index (κ1) is 16.5. The Hall–Kier alpha value is -2.93. The lowest BCUT2D eigenvalue weighted by Gasteiger charge is -2.19. The van der Waals surface area contributed by atoms with Crippen LogP contribution in [0.1, 0.15) is 16.5 Å². The zero-order valence-corrected chi connectivity index (χ0v) is 14.9. The Morgan fingerprint density at radius 3 is 2.81 bits per heavy atom. The Bertz CT molecular complexity index is 956. The molecule has 2 heterocycles. The van der Waals surface area contributed by atoms with E-state index in [-0.39, 0.29) is 16.9 Å². The number of imidazole rings is 1. The van der Waals surface area contributed by atoms with Gasteiger partial charge in [-0.25, -0.2) is 4.98 Å². The number of methoxy groups -OCH3 is 1. The second-order valence-electron chi connectivity index (χ2n) is 5.85. The number of ether oxygens (including phenoxy) is 1. The van der Waals surface area contributed by atoms with E-state index in [0.29, 0.717) is 17.3 Å². The number of para-hydroxylation sites is 1. The number of anilines is 1. The van der Waals surface area contributed by atoms with Gasteiger partial charge in [0.15, 0.2) is 17.3 Å². The van der Waals surface area contributed by atoms with Gasteiger partial charge in [0.05, 0.1) is 23.8 Å².